The maximum absolute atomic E-state index is 8.95. The second-order valence-corrected chi connectivity index (χ2v) is 2.09. The molecule has 0 aliphatic heterocycles. The smallest absolute Gasteiger partial charge is 0.233 e. The highest BCUT2D eigenvalue weighted by Gasteiger charge is 2.23. The minimum Gasteiger partial charge on any atom is -0.341 e. The Morgan fingerprint density at radius 2 is 1.56 bits per heavy atom. The Morgan fingerprint density at radius 1 is 1.22 bits per heavy atom. The Kier molecular flexibility index (Phi) is 3.77. The van der Waals surface area contributed by atoms with Crippen molar-refractivity contribution in [2.24, 2.45) is 0 Å². The summed E-state index contributed by atoms with van der Waals surface area (Å²) < 4.78 is 0. The summed E-state index contributed by atoms with van der Waals surface area (Å²) >= 11 is 0. The largest absolute Gasteiger partial charge is 0.341 e. The van der Waals surface area contributed by atoms with Crippen LogP contribution in [-0.2, 0) is 0 Å². The molecule has 0 saturated heterocycles. The molecule has 0 rings (SSSR count). The zero-order valence-corrected chi connectivity index (χ0v) is 6.20. The molecule has 1 radical (unpaired) electrons. The van der Waals surface area contributed by atoms with Crippen LogP contribution in [-0.4, -0.2) is 29.2 Å². The summed E-state index contributed by atoms with van der Waals surface area (Å²) in [7, 11) is 0. The van der Waals surface area contributed by atoms with Crippen molar-refractivity contribution in [2.75, 3.05) is 6.54 Å². The Hall–Kier alpha value is -0.120. The summed E-state index contributed by atoms with van der Waals surface area (Å²) in [6, 6.07) is 0. The van der Waals surface area contributed by atoms with Gasteiger partial charge in [-0.05, 0) is 6.92 Å². The number of hydrogen-bond donors (Lipinski definition) is 2. The van der Waals surface area contributed by atoms with E-state index in [1.54, 1.807) is 18.7 Å². The summed E-state index contributed by atoms with van der Waals surface area (Å²) in [4.78, 5) is 1.57. The molecule has 0 spiro atoms. The molecule has 0 aliphatic carbocycles. The van der Waals surface area contributed by atoms with Crippen molar-refractivity contribution in [1.82, 2.24) is 4.90 Å². The van der Waals surface area contributed by atoms with Crippen molar-refractivity contribution in [2.45, 2.75) is 33.2 Å². The van der Waals surface area contributed by atoms with Crippen molar-refractivity contribution in [3.8, 4) is 0 Å². The summed E-state index contributed by atoms with van der Waals surface area (Å²) in [5.41, 5.74) is 0. The fraction of sp³-hybridized carbons (Fsp3) is 1.00. The van der Waals surface area contributed by atoms with Gasteiger partial charge in [0.25, 0.3) is 0 Å². The van der Waals surface area contributed by atoms with Crippen LogP contribution in [0.2, 0.25) is 0 Å². The van der Waals surface area contributed by atoms with Crippen molar-refractivity contribution < 1.29 is 10.2 Å². The summed E-state index contributed by atoms with van der Waals surface area (Å²) in [5.74, 6) is 0. The number of aliphatic hydroxyl groups is 2. The van der Waals surface area contributed by atoms with Crippen molar-refractivity contribution in [1.29, 1.82) is 0 Å². The van der Waals surface area contributed by atoms with Gasteiger partial charge in [-0.15, -0.1) is 4.90 Å². The van der Waals surface area contributed by atoms with Crippen LogP contribution in [0.15, 0.2) is 0 Å². The predicted octanol–water partition coefficient (Wildman–Crippen LogP) is -0.177. The quantitative estimate of drug-likeness (QED) is 0.414. The molecule has 0 aromatic carbocycles. The average Bonchev–Trinajstić information content (AvgIpc) is 1.64. The first kappa shape index (κ1) is 8.88. The highest BCUT2D eigenvalue weighted by atomic mass is 16.3. The molecule has 0 heterocycles. The molecular formula is C6H15NO2+. The van der Waals surface area contributed by atoms with Gasteiger partial charge in [0.05, 0.1) is 0 Å². The molecular weight excluding hydrogens is 118 g/mol. The van der Waals surface area contributed by atoms with E-state index < -0.39 is 12.5 Å². The van der Waals surface area contributed by atoms with E-state index in [-0.39, 0.29) is 0 Å². The molecule has 2 unspecified atom stereocenters. The minimum absolute atomic E-state index is 0.560. The molecule has 2 atom stereocenters. The molecule has 0 aromatic heterocycles. The lowest BCUT2D eigenvalue weighted by Crippen LogP contribution is -2.45. The first-order chi connectivity index (χ1) is 4.09. The van der Waals surface area contributed by atoms with Gasteiger partial charge in [-0.3, -0.25) is 0 Å². The average molecular weight is 133 g/mol. The lowest BCUT2D eigenvalue weighted by molar-refractivity contribution is -0.0139. The van der Waals surface area contributed by atoms with E-state index >= 15 is 0 Å². The van der Waals surface area contributed by atoms with Crippen LogP contribution >= 0.6 is 0 Å². The number of rotatable bonds is 3. The van der Waals surface area contributed by atoms with Gasteiger partial charge < -0.3 is 10.2 Å². The first-order valence-corrected chi connectivity index (χ1v) is 3.21. The third-order valence-electron chi connectivity index (χ3n) is 1.33. The van der Waals surface area contributed by atoms with E-state index in [1.165, 1.54) is 0 Å². The van der Waals surface area contributed by atoms with Gasteiger partial charge in [0.2, 0.25) is 12.5 Å². The third kappa shape index (κ3) is 2.79. The van der Waals surface area contributed by atoms with Crippen LogP contribution in [0.1, 0.15) is 20.8 Å². The van der Waals surface area contributed by atoms with Crippen molar-refractivity contribution in [3.05, 3.63) is 0 Å². The third-order valence-corrected chi connectivity index (χ3v) is 1.33. The van der Waals surface area contributed by atoms with E-state index in [9.17, 15) is 0 Å². The number of aliphatic hydroxyl groups excluding tert-OH is 2. The van der Waals surface area contributed by atoms with E-state index in [0.717, 1.165) is 0 Å². The zero-order chi connectivity index (χ0) is 7.44. The standard InChI is InChI=1S/C6H15NO2/c1-4-7(5(2)8)6(3)9/h5-6,8-9H,4H2,1-3H3/q+1. The van der Waals surface area contributed by atoms with E-state index in [2.05, 4.69) is 0 Å². The van der Waals surface area contributed by atoms with Gasteiger partial charge >= 0.3 is 0 Å². The molecule has 55 valence electrons. The van der Waals surface area contributed by atoms with E-state index in [0.29, 0.717) is 6.54 Å². The van der Waals surface area contributed by atoms with Crippen LogP contribution in [0.4, 0.5) is 0 Å². The lowest BCUT2D eigenvalue weighted by atomic mass is 10.4. The van der Waals surface area contributed by atoms with Crippen molar-refractivity contribution >= 4 is 0 Å². The number of hydrogen-bond acceptors (Lipinski definition) is 3. The Bertz CT molecular complexity index is 65.5. The van der Waals surface area contributed by atoms with Gasteiger partial charge in [-0.25, -0.2) is 0 Å². The summed E-state index contributed by atoms with van der Waals surface area (Å²) in [6.07, 6.45) is -1.12. The van der Waals surface area contributed by atoms with Gasteiger partial charge in [0.15, 0.2) is 0 Å². The summed E-state index contributed by atoms with van der Waals surface area (Å²) in [6.45, 7) is 5.82. The fourth-order valence-electron chi connectivity index (χ4n) is 0.841. The van der Waals surface area contributed by atoms with Gasteiger partial charge in [0, 0.05) is 13.8 Å². The molecule has 0 fully saturated rings. The highest BCUT2D eigenvalue weighted by Crippen LogP contribution is 1.94. The van der Waals surface area contributed by atoms with Crippen LogP contribution in [0, 0.1) is 0 Å². The van der Waals surface area contributed by atoms with Gasteiger partial charge in [-0.2, -0.15) is 0 Å². The number of nitrogens with zero attached hydrogens (tertiary/aromatic N) is 1. The minimum atomic E-state index is -0.560. The second-order valence-electron chi connectivity index (χ2n) is 2.09. The normalized spacial score (nSPS) is 18.0. The predicted molar refractivity (Wildman–Crippen MR) is 36.0 cm³/mol. The maximum atomic E-state index is 8.95. The fourth-order valence-corrected chi connectivity index (χ4v) is 0.841. The van der Waals surface area contributed by atoms with Gasteiger partial charge in [-0.1, -0.05) is 0 Å². The van der Waals surface area contributed by atoms with Crippen LogP contribution in [0.3, 0.4) is 0 Å². The lowest BCUT2D eigenvalue weighted by Gasteiger charge is -2.14. The Morgan fingerprint density at radius 3 is 1.56 bits per heavy atom. The van der Waals surface area contributed by atoms with E-state index in [4.69, 9.17) is 10.2 Å². The zero-order valence-electron chi connectivity index (χ0n) is 6.20. The van der Waals surface area contributed by atoms with E-state index in [1.807, 2.05) is 6.92 Å². The maximum Gasteiger partial charge on any atom is 0.233 e. The molecule has 0 saturated carbocycles. The summed E-state index contributed by atoms with van der Waals surface area (Å²) in [5, 5.41) is 17.9. The Balaban J connectivity index is 3.68. The topological polar surface area (TPSA) is 46.4 Å². The first-order valence-electron chi connectivity index (χ1n) is 3.21. The van der Waals surface area contributed by atoms with Crippen LogP contribution in [0.25, 0.3) is 0 Å². The molecule has 0 amide bonds. The molecule has 9 heavy (non-hydrogen) atoms. The molecule has 3 heteroatoms. The Labute approximate surface area is 55.9 Å². The van der Waals surface area contributed by atoms with Gasteiger partial charge in [0.1, 0.15) is 6.54 Å². The molecule has 0 aromatic rings. The molecule has 0 bridgehead atoms. The molecule has 2 N–H and O–H groups in total. The second kappa shape index (κ2) is 3.82. The SMILES string of the molecule is CC[N+](C(C)O)C(C)O. The monoisotopic (exact) mass is 133 g/mol. The van der Waals surface area contributed by atoms with Crippen molar-refractivity contribution in [3.63, 3.8) is 0 Å². The molecule has 3 nitrogen and oxygen atoms in total. The molecule has 0 aliphatic rings. The van der Waals surface area contributed by atoms with Crippen LogP contribution in [0.5, 0.6) is 0 Å². The highest BCUT2D eigenvalue weighted by molar-refractivity contribution is 4.61. The van der Waals surface area contributed by atoms with Crippen LogP contribution < -0.4 is 4.90 Å².